The van der Waals surface area contributed by atoms with Crippen LogP contribution < -0.4 is 0 Å². The van der Waals surface area contributed by atoms with Gasteiger partial charge >= 0.3 is 28.5 Å². The monoisotopic (exact) mass is 156 g/mol. The molecule has 4 heteroatoms. The molecule has 0 saturated heterocycles. The van der Waals surface area contributed by atoms with Gasteiger partial charge in [0.05, 0.1) is 0 Å². The van der Waals surface area contributed by atoms with E-state index >= 15 is 0 Å². The van der Waals surface area contributed by atoms with Crippen LogP contribution in [0.1, 0.15) is 0 Å². The molecule has 0 amide bonds. The molecular weight excluding hydrogens is 154 g/mol. The molecule has 0 saturated carbocycles. The molecule has 0 aromatic rings. The molecule has 0 aliphatic rings. The molecular formula is H3AlP2Zn. The Hall–Kier alpha value is 2.02. The second kappa shape index (κ2) is 8.89. The van der Waals surface area contributed by atoms with E-state index in [0.29, 0.717) is 0 Å². The van der Waals surface area contributed by atoms with Crippen LogP contribution in [0.15, 0.2) is 0 Å². The van der Waals surface area contributed by atoms with Gasteiger partial charge in [0.1, 0.15) is 0 Å². The fourth-order valence-electron chi connectivity index (χ4n) is 0. The first-order valence-corrected chi connectivity index (χ1v) is 9.86. The average Bonchev–Trinajstić information content (AvgIpc) is 0.918. The van der Waals surface area contributed by atoms with E-state index in [1.54, 1.807) is 0 Å². The van der Waals surface area contributed by atoms with E-state index < -0.39 is 14.7 Å². The molecule has 0 aromatic carbocycles. The third-order valence-corrected chi connectivity index (χ3v) is 0. The molecule has 0 heterocycles. The summed E-state index contributed by atoms with van der Waals surface area (Å²) >= 11 is -0.486. The minimum atomic E-state index is -0.486. The Balaban J connectivity index is 0. The van der Waals surface area contributed by atoms with Crippen molar-refractivity contribution in [3.05, 3.63) is 0 Å². The third kappa shape index (κ3) is 8.99. The fourth-order valence-corrected chi connectivity index (χ4v) is 0. The van der Waals surface area contributed by atoms with Gasteiger partial charge in [-0.15, -0.1) is 0 Å². The molecule has 0 spiro atoms. The van der Waals surface area contributed by atoms with Crippen LogP contribution in [0.5, 0.6) is 0 Å². The summed E-state index contributed by atoms with van der Waals surface area (Å²) < 4.78 is 0. The zero-order valence-electron chi connectivity index (χ0n) is 1.60. The van der Waals surface area contributed by atoms with Crippen LogP contribution in [0, 0.1) is 0 Å². The van der Waals surface area contributed by atoms with Gasteiger partial charge in [0.25, 0.3) is 0 Å². The van der Waals surface area contributed by atoms with E-state index in [1.807, 2.05) is 0 Å². The van der Waals surface area contributed by atoms with Gasteiger partial charge < -0.3 is 0 Å². The van der Waals surface area contributed by atoms with Crippen molar-refractivity contribution in [3.63, 3.8) is 0 Å². The summed E-state index contributed by atoms with van der Waals surface area (Å²) in [4.78, 5) is 0. The molecule has 0 aromatic heterocycles. The Labute approximate surface area is 45.9 Å². The Bertz CT molecular complexity index is 79.2. The van der Waals surface area contributed by atoms with Crippen molar-refractivity contribution in [2.24, 2.45) is 0 Å². The van der Waals surface area contributed by atoms with Crippen molar-refractivity contribution in [3.8, 4) is 0 Å². The maximum absolute atomic E-state index is 3.84. The zero-order valence-corrected chi connectivity index (χ0v) is 6.36. The second-order valence-electron chi connectivity index (χ2n) is 0.141. The van der Waals surface area contributed by atoms with Crippen molar-refractivity contribution < 1.29 is 14.7 Å². The summed E-state index contributed by atoms with van der Waals surface area (Å²) in [6, 6.07) is 0. The van der Waals surface area contributed by atoms with Gasteiger partial charge in [0.15, 0.2) is 17.4 Å². The first kappa shape index (κ1) is 9.38. The van der Waals surface area contributed by atoms with Crippen molar-refractivity contribution in [2.45, 2.75) is 0 Å². The minimum absolute atomic E-state index is 0. The van der Waals surface area contributed by atoms with Crippen molar-refractivity contribution in [1.82, 2.24) is 0 Å². The van der Waals surface area contributed by atoms with Crippen LogP contribution in [0.4, 0.5) is 0 Å². The van der Waals surface area contributed by atoms with Crippen molar-refractivity contribution in [2.75, 3.05) is 0 Å². The Morgan fingerprint density at radius 2 is 1.25 bits per heavy atom. The Morgan fingerprint density at radius 1 is 1.25 bits per heavy atom. The molecule has 0 radical (unpaired) electrons. The second-order valence-corrected chi connectivity index (χ2v) is 6.61. The normalized spacial score (nSPS) is 4.50. The van der Waals surface area contributed by atoms with Gasteiger partial charge in [0, 0.05) is 0 Å². The molecule has 4 heavy (non-hydrogen) atoms. The molecule has 0 aliphatic carbocycles. The molecule has 18 valence electrons. The SMILES string of the molecule is [AlH3].[P]#[Zn]#[P]. The predicted molar refractivity (Wildman–Crippen MR) is 23.8 cm³/mol. The summed E-state index contributed by atoms with van der Waals surface area (Å²) in [5.41, 5.74) is 0. The summed E-state index contributed by atoms with van der Waals surface area (Å²) in [6.45, 7) is 7.68. The summed E-state index contributed by atoms with van der Waals surface area (Å²) in [5.74, 6) is 0. The Kier molecular flexibility index (Phi) is 20.9. The van der Waals surface area contributed by atoms with E-state index in [2.05, 4.69) is 13.8 Å². The van der Waals surface area contributed by atoms with Crippen LogP contribution in [0.25, 0.3) is 0 Å². The first-order chi connectivity index (χ1) is 1.41. The Morgan fingerprint density at radius 3 is 1.25 bits per heavy atom. The fraction of sp³-hybridized carbons (Fsp3) is 0. The van der Waals surface area contributed by atoms with E-state index in [1.165, 1.54) is 0 Å². The van der Waals surface area contributed by atoms with Gasteiger partial charge in [-0.25, -0.2) is 0 Å². The molecule has 0 atom stereocenters. The van der Waals surface area contributed by atoms with Gasteiger partial charge in [-0.3, -0.25) is 0 Å². The van der Waals surface area contributed by atoms with E-state index in [0.717, 1.165) is 0 Å². The van der Waals surface area contributed by atoms with Crippen molar-refractivity contribution >= 4 is 31.2 Å². The predicted octanol–water partition coefficient (Wildman–Crippen LogP) is 0.536. The van der Waals surface area contributed by atoms with Crippen LogP contribution in [0.2, 0.25) is 0 Å². The quantitative estimate of drug-likeness (QED) is 0.356. The van der Waals surface area contributed by atoms with Gasteiger partial charge in [0.2, 0.25) is 0 Å². The van der Waals surface area contributed by atoms with Crippen LogP contribution in [-0.4, -0.2) is 17.4 Å². The molecule has 0 N–H and O–H groups in total. The maximum atomic E-state index is 3.84. The van der Waals surface area contributed by atoms with E-state index in [-0.39, 0.29) is 17.4 Å². The third-order valence-electron chi connectivity index (χ3n) is 0. The molecule has 0 nitrogen and oxygen atoms in total. The van der Waals surface area contributed by atoms with Crippen LogP contribution in [0.3, 0.4) is 0 Å². The van der Waals surface area contributed by atoms with Gasteiger partial charge in [-0.05, 0) is 0 Å². The molecule has 0 aliphatic heterocycles. The molecule has 0 fully saturated rings. The first-order valence-electron chi connectivity index (χ1n) is 0.632. The van der Waals surface area contributed by atoms with Gasteiger partial charge in [-0.1, -0.05) is 0 Å². The topological polar surface area (TPSA) is 0 Å². The molecule has 0 rings (SSSR count). The number of rotatable bonds is 0. The summed E-state index contributed by atoms with van der Waals surface area (Å²) in [6.07, 6.45) is 0. The molecule has 0 bridgehead atoms. The van der Waals surface area contributed by atoms with E-state index in [4.69, 9.17) is 0 Å². The summed E-state index contributed by atoms with van der Waals surface area (Å²) in [5, 5.41) is 0. The van der Waals surface area contributed by atoms with Crippen molar-refractivity contribution in [1.29, 1.82) is 0 Å². The molecule has 0 unspecified atom stereocenters. The number of hydrogen-bond donors (Lipinski definition) is 0. The van der Waals surface area contributed by atoms with Gasteiger partial charge in [-0.2, -0.15) is 0 Å². The van der Waals surface area contributed by atoms with Crippen LogP contribution >= 0.6 is 13.8 Å². The zero-order chi connectivity index (χ0) is 2.71. The number of hydrogen-bond acceptors (Lipinski definition) is 0. The average molecular weight is 157 g/mol. The summed E-state index contributed by atoms with van der Waals surface area (Å²) in [7, 11) is 0. The standard InChI is InChI=1S/Al.2P.Zn.3H. The van der Waals surface area contributed by atoms with E-state index in [9.17, 15) is 0 Å². The van der Waals surface area contributed by atoms with Crippen LogP contribution in [-0.2, 0) is 14.7 Å².